The molecule has 0 aliphatic rings. The number of hydrogen-bond donors (Lipinski definition) is 3. The van der Waals surface area contributed by atoms with Crippen molar-refractivity contribution >= 4 is 27.6 Å². The number of amides is 3. The topological polar surface area (TPSA) is 131 Å². The summed E-state index contributed by atoms with van der Waals surface area (Å²) in [6.45, 7) is 3.79. The van der Waals surface area contributed by atoms with Gasteiger partial charge in [-0.3, -0.25) is 4.79 Å². The van der Waals surface area contributed by atoms with E-state index in [9.17, 15) is 18.0 Å². The van der Waals surface area contributed by atoms with Gasteiger partial charge in [-0.25, -0.2) is 17.5 Å². The molecule has 3 amide bonds. The average molecular weight is 386 g/mol. The molecule has 10 heteroatoms. The summed E-state index contributed by atoms with van der Waals surface area (Å²) in [5.74, 6) is -0.103. The molecule has 0 aromatic heterocycles. The zero-order valence-corrected chi connectivity index (χ0v) is 16.4. The molecule has 1 aromatic carbocycles. The number of anilines is 1. The van der Waals surface area contributed by atoms with Crippen molar-refractivity contribution in [2.24, 2.45) is 11.7 Å². The maximum absolute atomic E-state index is 12.5. The van der Waals surface area contributed by atoms with Crippen LogP contribution < -0.4 is 21.1 Å². The predicted molar refractivity (Wildman–Crippen MR) is 98.5 cm³/mol. The van der Waals surface area contributed by atoms with Crippen LogP contribution in [0, 0.1) is 5.92 Å². The molecule has 26 heavy (non-hydrogen) atoms. The minimum absolute atomic E-state index is 0.00173. The Morgan fingerprint density at radius 2 is 1.88 bits per heavy atom. The summed E-state index contributed by atoms with van der Waals surface area (Å²) in [6.07, 6.45) is 0.368. The van der Waals surface area contributed by atoms with Gasteiger partial charge in [0.1, 0.15) is 11.8 Å². The second-order valence-corrected chi connectivity index (χ2v) is 8.48. The van der Waals surface area contributed by atoms with Crippen LogP contribution in [0.15, 0.2) is 23.1 Å². The minimum atomic E-state index is -3.68. The molecule has 0 saturated heterocycles. The van der Waals surface area contributed by atoms with E-state index >= 15 is 0 Å². The van der Waals surface area contributed by atoms with Crippen LogP contribution in [0.1, 0.15) is 20.3 Å². The number of sulfonamides is 1. The van der Waals surface area contributed by atoms with Gasteiger partial charge in [-0.05, 0) is 30.5 Å². The normalized spacial score (nSPS) is 12.7. The summed E-state index contributed by atoms with van der Waals surface area (Å²) in [6, 6.07) is 2.47. The molecule has 146 valence electrons. The number of nitrogens with zero attached hydrogens (tertiary/aromatic N) is 1. The quantitative estimate of drug-likeness (QED) is 0.613. The molecule has 1 atom stereocenters. The lowest BCUT2D eigenvalue weighted by Crippen LogP contribution is -2.46. The number of nitrogens with two attached hydrogens (primary N) is 1. The van der Waals surface area contributed by atoms with Crippen LogP contribution in [0.4, 0.5) is 10.5 Å². The Bertz CT molecular complexity index is 762. The van der Waals surface area contributed by atoms with Gasteiger partial charge in [0.05, 0.1) is 17.7 Å². The van der Waals surface area contributed by atoms with E-state index in [1.165, 1.54) is 39.4 Å². The number of rotatable bonds is 8. The van der Waals surface area contributed by atoms with E-state index < -0.39 is 28.0 Å². The monoisotopic (exact) mass is 386 g/mol. The largest absolute Gasteiger partial charge is 0.495 e. The van der Waals surface area contributed by atoms with Crippen molar-refractivity contribution in [3.05, 3.63) is 18.2 Å². The molecule has 0 unspecified atom stereocenters. The van der Waals surface area contributed by atoms with Crippen molar-refractivity contribution in [3.8, 4) is 5.75 Å². The Balaban J connectivity index is 3.20. The number of benzene rings is 1. The maximum Gasteiger partial charge on any atom is 0.312 e. The third-order valence-electron chi connectivity index (χ3n) is 3.55. The van der Waals surface area contributed by atoms with Crippen LogP contribution in [-0.4, -0.2) is 51.9 Å². The van der Waals surface area contributed by atoms with E-state index in [0.29, 0.717) is 12.2 Å². The molecule has 0 bridgehead atoms. The van der Waals surface area contributed by atoms with Crippen LogP contribution >= 0.6 is 0 Å². The molecule has 0 aliphatic heterocycles. The lowest BCUT2D eigenvalue weighted by Gasteiger charge is -2.20. The van der Waals surface area contributed by atoms with Gasteiger partial charge in [-0.2, -0.15) is 0 Å². The first-order valence-corrected chi connectivity index (χ1v) is 9.40. The van der Waals surface area contributed by atoms with Crippen LogP contribution in [-0.2, 0) is 14.8 Å². The highest BCUT2D eigenvalue weighted by atomic mass is 32.2. The highest BCUT2D eigenvalue weighted by molar-refractivity contribution is 7.89. The van der Waals surface area contributed by atoms with Crippen LogP contribution in [0.3, 0.4) is 0 Å². The molecule has 0 aliphatic carbocycles. The van der Waals surface area contributed by atoms with E-state index in [-0.39, 0.29) is 16.5 Å². The Kier molecular flexibility index (Phi) is 7.40. The van der Waals surface area contributed by atoms with E-state index in [2.05, 4.69) is 10.6 Å². The van der Waals surface area contributed by atoms with Crippen molar-refractivity contribution in [1.82, 2.24) is 9.62 Å². The van der Waals surface area contributed by atoms with Crippen LogP contribution in [0.25, 0.3) is 0 Å². The predicted octanol–water partition coefficient (Wildman–Crippen LogP) is 0.967. The fourth-order valence-corrected chi connectivity index (χ4v) is 3.18. The van der Waals surface area contributed by atoms with E-state index in [1.54, 1.807) is 0 Å². The van der Waals surface area contributed by atoms with Gasteiger partial charge in [0.15, 0.2) is 0 Å². The van der Waals surface area contributed by atoms with Crippen molar-refractivity contribution in [1.29, 1.82) is 0 Å². The van der Waals surface area contributed by atoms with E-state index in [1.807, 2.05) is 13.8 Å². The lowest BCUT2D eigenvalue weighted by atomic mass is 10.0. The Morgan fingerprint density at radius 1 is 1.27 bits per heavy atom. The Labute approximate surface area is 153 Å². The molecule has 0 fully saturated rings. The fourth-order valence-electron chi connectivity index (χ4n) is 2.25. The van der Waals surface area contributed by atoms with Crippen molar-refractivity contribution in [2.75, 3.05) is 26.5 Å². The summed E-state index contributed by atoms with van der Waals surface area (Å²) in [4.78, 5) is 23.7. The van der Waals surface area contributed by atoms with Gasteiger partial charge in [-0.1, -0.05) is 13.8 Å². The number of carbonyl (C=O) groups is 2. The third-order valence-corrected chi connectivity index (χ3v) is 5.36. The number of urea groups is 1. The van der Waals surface area contributed by atoms with Gasteiger partial charge < -0.3 is 21.1 Å². The molecule has 0 spiro atoms. The molecule has 0 saturated carbocycles. The van der Waals surface area contributed by atoms with E-state index in [0.717, 1.165) is 4.31 Å². The first-order chi connectivity index (χ1) is 12.0. The summed E-state index contributed by atoms with van der Waals surface area (Å²) in [5, 5.41) is 5.00. The van der Waals surface area contributed by atoms with Gasteiger partial charge in [0.2, 0.25) is 15.9 Å². The molecule has 1 aromatic rings. The van der Waals surface area contributed by atoms with Gasteiger partial charge in [0, 0.05) is 14.1 Å². The zero-order valence-electron chi connectivity index (χ0n) is 15.6. The fraction of sp³-hybridized carbons (Fsp3) is 0.500. The molecule has 1 rings (SSSR count). The standard InChI is InChI=1S/C16H26N4O5S/c1-10(2)8-13(19-16(17)22)15(21)18-12-9-11(6-7-14(12)25-5)26(23,24)20(3)4/h6-7,9-10,13H,8H2,1-5H3,(H,18,21)(H3,17,19,22)/t13-/m0/s1. The summed E-state index contributed by atoms with van der Waals surface area (Å²) in [7, 11) is 0.539. The molecule has 4 N–H and O–H groups in total. The number of nitrogens with one attached hydrogen (secondary N) is 2. The van der Waals surface area contributed by atoms with Gasteiger partial charge in [0.25, 0.3) is 0 Å². The minimum Gasteiger partial charge on any atom is -0.495 e. The first kappa shape index (κ1) is 21.7. The Hall–Kier alpha value is -2.33. The maximum atomic E-state index is 12.5. The van der Waals surface area contributed by atoms with Crippen molar-refractivity contribution < 1.29 is 22.7 Å². The second kappa shape index (κ2) is 8.86. The van der Waals surface area contributed by atoms with Gasteiger partial charge >= 0.3 is 6.03 Å². The van der Waals surface area contributed by atoms with Crippen molar-refractivity contribution in [2.45, 2.75) is 31.2 Å². The van der Waals surface area contributed by atoms with Crippen LogP contribution in [0.2, 0.25) is 0 Å². The summed E-state index contributed by atoms with van der Waals surface area (Å²) < 4.78 is 30.8. The number of carbonyl (C=O) groups excluding carboxylic acids is 2. The molecule has 0 heterocycles. The highest BCUT2D eigenvalue weighted by Gasteiger charge is 2.24. The zero-order chi connectivity index (χ0) is 20.1. The smallest absolute Gasteiger partial charge is 0.312 e. The van der Waals surface area contributed by atoms with Gasteiger partial charge in [-0.15, -0.1) is 0 Å². The number of hydrogen-bond acceptors (Lipinski definition) is 5. The number of primary amides is 1. The lowest BCUT2D eigenvalue weighted by molar-refractivity contribution is -0.118. The molecular formula is C16H26N4O5S. The summed E-state index contributed by atoms with van der Waals surface area (Å²) >= 11 is 0. The number of methoxy groups -OCH3 is 1. The second-order valence-electron chi connectivity index (χ2n) is 6.33. The molecular weight excluding hydrogens is 360 g/mol. The van der Waals surface area contributed by atoms with E-state index in [4.69, 9.17) is 10.5 Å². The Morgan fingerprint density at radius 3 is 2.35 bits per heavy atom. The SMILES string of the molecule is COc1ccc(S(=O)(=O)N(C)C)cc1NC(=O)[C@H](CC(C)C)NC(N)=O. The third kappa shape index (κ3) is 5.60. The first-order valence-electron chi connectivity index (χ1n) is 7.96. The summed E-state index contributed by atoms with van der Waals surface area (Å²) in [5.41, 5.74) is 5.31. The van der Waals surface area contributed by atoms with Crippen LogP contribution in [0.5, 0.6) is 5.75 Å². The molecule has 0 radical (unpaired) electrons. The number of ether oxygens (including phenoxy) is 1. The highest BCUT2D eigenvalue weighted by Crippen LogP contribution is 2.28. The average Bonchev–Trinajstić information content (AvgIpc) is 2.53. The molecule has 9 nitrogen and oxygen atoms in total. The van der Waals surface area contributed by atoms with Crippen molar-refractivity contribution in [3.63, 3.8) is 0 Å².